The maximum Gasteiger partial charge on any atom is 0.425 e. The van der Waals surface area contributed by atoms with E-state index in [0.29, 0.717) is 22.6 Å². The molecule has 0 saturated heterocycles. The summed E-state index contributed by atoms with van der Waals surface area (Å²) in [6, 6.07) is 10.3. The molecule has 0 aliphatic heterocycles. The van der Waals surface area contributed by atoms with E-state index >= 15 is 0 Å². The second-order valence-electron chi connectivity index (χ2n) is 8.77. The van der Waals surface area contributed by atoms with Crippen molar-refractivity contribution < 1.29 is 23.0 Å². The van der Waals surface area contributed by atoms with Gasteiger partial charge in [0, 0.05) is 24.2 Å². The SMILES string of the molecule is Cc1cn(-c2ccc(Cc3nc4c(C(C)(C)O)ccc(O[C@@H](C)C(F)(F)F)n4n3)cc2C#N)cn1. The maximum absolute atomic E-state index is 13.1. The number of nitrogens with zero attached hydrogens (tertiary/aromatic N) is 6. The maximum atomic E-state index is 13.1. The number of nitriles is 1. The van der Waals surface area contributed by atoms with Gasteiger partial charge in [0.1, 0.15) is 6.07 Å². The number of rotatable bonds is 6. The van der Waals surface area contributed by atoms with Crippen molar-refractivity contribution in [1.29, 1.82) is 5.26 Å². The van der Waals surface area contributed by atoms with Crippen LogP contribution in [0.25, 0.3) is 11.3 Å². The van der Waals surface area contributed by atoms with Crippen LogP contribution in [0.15, 0.2) is 42.9 Å². The zero-order valence-electron chi connectivity index (χ0n) is 19.5. The van der Waals surface area contributed by atoms with E-state index in [9.17, 15) is 23.5 Å². The van der Waals surface area contributed by atoms with Gasteiger partial charge in [0.25, 0.3) is 0 Å². The van der Waals surface area contributed by atoms with E-state index in [1.807, 2.05) is 13.0 Å². The summed E-state index contributed by atoms with van der Waals surface area (Å²) in [5, 5.41) is 24.6. The van der Waals surface area contributed by atoms with E-state index in [1.165, 1.54) is 16.6 Å². The van der Waals surface area contributed by atoms with E-state index in [4.69, 9.17) is 4.74 Å². The number of aliphatic hydroxyl groups is 1. The molecule has 0 fully saturated rings. The monoisotopic (exact) mass is 484 g/mol. The molecular formula is C24H23F3N6O2. The summed E-state index contributed by atoms with van der Waals surface area (Å²) in [6.45, 7) is 5.85. The van der Waals surface area contributed by atoms with E-state index in [0.717, 1.165) is 18.2 Å². The molecule has 0 spiro atoms. The van der Waals surface area contributed by atoms with Gasteiger partial charge in [-0.05, 0) is 51.5 Å². The molecule has 0 aliphatic carbocycles. The third kappa shape index (κ3) is 4.97. The van der Waals surface area contributed by atoms with E-state index in [1.54, 1.807) is 43.1 Å². The van der Waals surface area contributed by atoms with Crippen LogP contribution in [-0.2, 0) is 12.0 Å². The average Bonchev–Trinajstić information content (AvgIpc) is 3.38. The van der Waals surface area contributed by atoms with E-state index in [2.05, 4.69) is 21.1 Å². The van der Waals surface area contributed by atoms with Crippen molar-refractivity contribution in [2.24, 2.45) is 0 Å². The van der Waals surface area contributed by atoms with Gasteiger partial charge in [0.05, 0.1) is 28.9 Å². The van der Waals surface area contributed by atoms with Crippen LogP contribution in [0.5, 0.6) is 5.88 Å². The lowest BCUT2D eigenvalue weighted by atomic mass is 10.00. The molecular weight excluding hydrogens is 461 g/mol. The molecule has 0 radical (unpaired) electrons. The number of hydrogen-bond donors (Lipinski definition) is 1. The number of hydrogen-bond acceptors (Lipinski definition) is 6. The summed E-state index contributed by atoms with van der Waals surface area (Å²) < 4.78 is 47.3. The van der Waals surface area contributed by atoms with Gasteiger partial charge >= 0.3 is 6.18 Å². The normalized spacial score (nSPS) is 13.1. The van der Waals surface area contributed by atoms with Crippen LogP contribution < -0.4 is 4.74 Å². The number of benzene rings is 1. The van der Waals surface area contributed by atoms with E-state index < -0.39 is 17.9 Å². The van der Waals surface area contributed by atoms with Crippen molar-refractivity contribution in [2.45, 2.75) is 52.0 Å². The predicted octanol–water partition coefficient (Wildman–Crippen LogP) is 4.24. The Labute approximate surface area is 199 Å². The van der Waals surface area contributed by atoms with Crippen molar-refractivity contribution in [3.63, 3.8) is 0 Å². The number of ether oxygens (including phenoxy) is 1. The standard InChI is InChI=1S/C24H23F3N6O2/c1-14-12-32(13-29-14)19-7-5-16(9-17(19)11-28)10-20-30-22-18(23(3,4)34)6-8-21(33(22)31-20)35-15(2)24(25,26)27/h5-9,12-13,15,34H,10H2,1-4H3/t15-/m0/s1. The van der Waals surface area contributed by atoms with Crippen molar-refractivity contribution in [1.82, 2.24) is 24.1 Å². The first-order valence-electron chi connectivity index (χ1n) is 10.8. The first-order chi connectivity index (χ1) is 16.4. The summed E-state index contributed by atoms with van der Waals surface area (Å²) in [7, 11) is 0. The second-order valence-corrected chi connectivity index (χ2v) is 8.77. The smallest absolute Gasteiger partial charge is 0.425 e. The molecule has 182 valence electrons. The van der Waals surface area contributed by atoms with Crippen molar-refractivity contribution in [3.8, 4) is 17.6 Å². The molecule has 1 aromatic carbocycles. The minimum absolute atomic E-state index is 0.153. The Hall–Kier alpha value is -3.91. The van der Waals surface area contributed by atoms with Crippen LogP contribution in [-0.4, -0.2) is 41.5 Å². The zero-order valence-corrected chi connectivity index (χ0v) is 19.5. The largest absolute Gasteiger partial charge is 0.465 e. The highest BCUT2D eigenvalue weighted by molar-refractivity contribution is 5.54. The Morgan fingerprint density at radius 2 is 1.94 bits per heavy atom. The molecule has 4 aromatic rings. The summed E-state index contributed by atoms with van der Waals surface area (Å²) >= 11 is 0. The molecule has 8 nitrogen and oxygen atoms in total. The number of halogens is 3. The van der Waals surface area contributed by atoms with Gasteiger partial charge in [-0.2, -0.15) is 22.9 Å². The summed E-state index contributed by atoms with van der Waals surface area (Å²) in [4.78, 5) is 8.66. The molecule has 4 rings (SSSR count). The number of imidazole rings is 1. The average molecular weight is 484 g/mol. The quantitative estimate of drug-likeness (QED) is 0.439. The Kier molecular flexibility index (Phi) is 6.02. The fourth-order valence-corrected chi connectivity index (χ4v) is 3.62. The zero-order chi connectivity index (χ0) is 25.5. The fourth-order valence-electron chi connectivity index (χ4n) is 3.62. The summed E-state index contributed by atoms with van der Waals surface area (Å²) in [5.41, 5.74) is 1.88. The first-order valence-corrected chi connectivity index (χ1v) is 10.8. The number of aromatic nitrogens is 5. The van der Waals surface area contributed by atoms with Crippen LogP contribution in [0.1, 0.15) is 49.0 Å². The number of fused-ring (bicyclic) bond motifs is 1. The van der Waals surface area contributed by atoms with Crippen molar-refractivity contribution >= 4 is 5.65 Å². The minimum Gasteiger partial charge on any atom is -0.465 e. The second kappa shape index (κ2) is 8.70. The Morgan fingerprint density at radius 3 is 2.54 bits per heavy atom. The molecule has 11 heteroatoms. The summed E-state index contributed by atoms with van der Waals surface area (Å²) in [5.74, 6) is 0.140. The third-order valence-electron chi connectivity index (χ3n) is 5.44. The van der Waals surface area contributed by atoms with Crippen LogP contribution in [0.4, 0.5) is 13.2 Å². The minimum atomic E-state index is -4.56. The highest BCUT2D eigenvalue weighted by Crippen LogP contribution is 2.30. The predicted molar refractivity (Wildman–Crippen MR) is 120 cm³/mol. The van der Waals surface area contributed by atoms with Gasteiger partial charge in [-0.15, -0.1) is 5.10 Å². The van der Waals surface area contributed by atoms with Crippen molar-refractivity contribution in [3.05, 3.63) is 71.1 Å². The van der Waals surface area contributed by atoms with Crippen molar-refractivity contribution in [2.75, 3.05) is 0 Å². The lowest BCUT2D eigenvalue weighted by Gasteiger charge is -2.21. The molecule has 1 atom stereocenters. The molecule has 0 amide bonds. The molecule has 0 aliphatic rings. The topological polar surface area (TPSA) is 101 Å². The van der Waals surface area contributed by atoms with Crippen LogP contribution >= 0.6 is 0 Å². The molecule has 1 N–H and O–H groups in total. The van der Waals surface area contributed by atoms with Gasteiger partial charge in [0.2, 0.25) is 5.88 Å². The molecule has 3 heterocycles. The van der Waals surface area contributed by atoms with Gasteiger partial charge in [-0.3, -0.25) is 0 Å². The molecule has 3 aromatic heterocycles. The fraction of sp³-hybridized carbons (Fsp3) is 0.333. The van der Waals surface area contributed by atoms with Crippen LogP contribution in [0.2, 0.25) is 0 Å². The highest BCUT2D eigenvalue weighted by atomic mass is 19.4. The first kappa shape index (κ1) is 24.2. The molecule has 0 saturated carbocycles. The van der Waals surface area contributed by atoms with Gasteiger partial charge < -0.3 is 14.4 Å². The van der Waals surface area contributed by atoms with E-state index in [-0.39, 0.29) is 17.9 Å². The number of pyridine rings is 1. The van der Waals surface area contributed by atoms with Gasteiger partial charge in [-0.25, -0.2) is 9.97 Å². The number of aryl methyl sites for hydroxylation is 1. The molecule has 35 heavy (non-hydrogen) atoms. The highest BCUT2D eigenvalue weighted by Gasteiger charge is 2.38. The van der Waals surface area contributed by atoms with Crippen LogP contribution in [0, 0.1) is 18.3 Å². The Balaban J connectivity index is 1.73. The third-order valence-corrected chi connectivity index (χ3v) is 5.44. The molecule has 0 unspecified atom stereocenters. The lowest BCUT2D eigenvalue weighted by molar-refractivity contribution is -0.190. The Morgan fingerprint density at radius 1 is 1.20 bits per heavy atom. The number of alkyl halides is 3. The van der Waals surface area contributed by atoms with Crippen LogP contribution in [0.3, 0.4) is 0 Å². The Bertz CT molecular complexity index is 1430. The summed E-state index contributed by atoms with van der Waals surface area (Å²) in [6.07, 6.45) is -2.99. The lowest BCUT2D eigenvalue weighted by Crippen LogP contribution is -2.32. The van der Waals surface area contributed by atoms with Gasteiger partial charge in [-0.1, -0.05) is 6.07 Å². The molecule has 0 bridgehead atoms. The van der Waals surface area contributed by atoms with Gasteiger partial charge in [0.15, 0.2) is 17.6 Å².